The maximum absolute atomic E-state index is 5.33. The number of imidazole rings is 2. The number of aromatic nitrogens is 4. The molecule has 0 bridgehead atoms. The molecule has 0 fully saturated rings. The molecule has 4 heteroatoms. The number of rotatable bonds is 69. The Balaban J connectivity index is 1.31. The van der Waals surface area contributed by atoms with Crippen LogP contribution in [0.1, 0.15) is 461 Å². The number of fused-ring (bicyclic) bond motifs is 2. The molecule has 0 saturated heterocycles. The summed E-state index contributed by atoms with van der Waals surface area (Å²) in [7, 11) is 0. The molecule has 4 aromatic rings. The molecule has 0 aliphatic rings. The lowest BCUT2D eigenvalue weighted by molar-refractivity contribution is 0.528. The van der Waals surface area contributed by atoms with E-state index in [2.05, 4.69) is 61.9 Å². The van der Waals surface area contributed by atoms with Crippen LogP contribution < -0.4 is 0 Å². The number of hydrogen-bond acceptors (Lipinski definition) is 2. The summed E-state index contributed by atoms with van der Waals surface area (Å²) >= 11 is 0. The molecule has 4 rings (SSSR count). The molecular weight excluding hydrogens is 1090 g/mol. The summed E-state index contributed by atoms with van der Waals surface area (Å²) in [4.78, 5) is 18.3. The second kappa shape index (κ2) is 58.9. The molecule has 0 spiro atoms. The van der Waals surface area contributed by atoms with E-state index in [1.54, 1.807) is 22.3 Å². The summed E-state index contributed by atoms with van der Waals surface area (Å²) in [5.74, 6) is 1.79. The van der Waals surface area contributed by atoms with Crippen LogP contribution in [-0.2, 0) is 25.7 Å². The van der Waals surface area contributed by atoms with Crippen molar-refractivity contribution in [3.63, 3.8) is 0 Å². The third-order valence-corrected chi connectivity index (χ3v) is 21.0. The highest BCUT2D eigenvalue weighted by atomic mass is 15.0. The normalized spacial score (nSPS) is 11.9. The molecule has 0 atom stereocenters. The minimum Gasteiger partial charge on any atom is -0.335 e. The summed E-state index contributed by atoms with van der Waals surface area (Å²) in [6.45, 7) is 9.28. The average Bonchev–Trinajstić information content (AvgIpc) is 1.84. The molecule has 0 radical (unpaired) electrons. The van der Waals surface area contributed by atoms with E-state index in [4.69, 9.17) is 9.97 Å². The number of hydrogen-bond donors (Lipinski definition) is 2. The van der Waals surface area contributed by atoms with E-state index in [0.717, 1.165) is 22.7 Å². The van der Waals surface area contributed by atoms with Crippen molar-refractivity contribution in [1.82, 2.24) is 19.9 Å². The molecule has 0 amide bonds. The molecule has 90 heavy (non-hydrogen) atoms. The standard InChI is InChI=1S/C86H154N4/c1-5-9-13-17-21-25-29-33-37-41-45-49-53-57-61-65-69-77-73-81-82(74-78(77)70-66-62-58-54-50-46-42-38-34-30-26-22-18-14-10-6-2)88-85(87-81)86-89-83-75-79(71-67-63-59-55-51-47-43-39-35-31-27-23-19-15-11-7-3)80(76-84(83)90-86)72-68-64-60-56-52-48-44-40-36-32-28-24-20-16-12-8-4/h73-76H,5-72H2,1-4H3,(H,87,88)(H,89,90). The first-order chi connectivity index (χ1) is 44.7. The van der Waals surface area contributed by atoms with Gasteiger partial charge in [-0.2, -0.15) is 0 Å². The van der Waals surface area contributed by atoms with Crippen molar-refractivity contribution in [2.45, 2.75) is 464 Å². The van der Waals surface area contributed by atoms with Gasteiger partial charge in [-0.25, -0.2) is 9.97 Å². The molecule has 0 unspecified atom stereocenters. The number of aryl methyl sites for hydroxylation is 4. The van der Waals surface area contributed by atoms with Crippen LogP contribution in [0.15, 0.2) is 24.3 Å². The lowest BCUT2D eigenvalue weighted by Gasteiger charge is -2.11. The van der Waals surface area contributed by atoms with E-state index < -0.39 is 0 Å². The summed E-state index contributed by atoms with van der Waals surface area (Å²) in [6, 6.07) is 9.93. The first kappa shape index (κ1) is 79.8. The lowest BCUT2D eigenvalue weighted by Crippen LogP contribution is -1.96. The smallest absolute Gasteiger partial charge is 0.174 e. The predicted molar refractivity (Wildman–Crippen MR) is 404 cm³/mol. The van der Waals surface area contributed by atoms with Gasteiger partial charge in [0.1, 0.15) is 0 Å². The van der Waals surface area contributed by atoms with Crippen LogP contribution >= 0.6 is 0 Å². The number of nitrogens with one attached hydrogen (secondary N) is 2. The fourth-order valence-electron chi connectivity index (χ4n) is 14.9. The summed E-state index contributed by atoms with van der Waals surface area (Å²) < 4.78 is 0. The quantitative estimate of drug-likeness (QED) is 0.0433. The Morgan fingerprint density at radius 2 is 0.333 bits per heavy atom. The van der Waals surface area contributed by atoms with Gasteiger partial charge in [-0.3, -0.25) is 0 Å². The van der Waals surface area contributed by atoms with Gasteiger partial charge in [-0.05, 0) is 97.9 Å². The molecule has 2 heterocycles. The Morgan fingerprint density at radius 3 is 0.500 bits per heavy atom. The van der Waals surface area contributed by atoms with Crippen molar-refractivity contribution >= 4 is 22.1 Å². The summed E-state index contributed by atoms with van der Waals surface area (Å²) in [6.07, 6.45) is 95.6. The van der Waals surface area contributed by atoms with Gasteiger partial charge >= 0.3 is 0 Å². The Kier molecular flexibility index (Phi) is 52.3. The van der Waals surface area contributed by atoms with Crippen LogP contribution in [-0.4, -0.2) is 19.9 Å². The fourth-order valence-corrected chi connectivity index (χ4v) is 14.9. The van der Waals surface area contributed by atoms with Crippen LogP contribution in [0.25, 0.3) is 33.7 Å². The van der Waals surface area contributed by atoms with Crippen molar-refractivity contribution in [3.8, 4) is 11.6 Å². The molecule has 2 N–H and O–H groups in total. The molecule has 4 nitrogen and oxygen atoms in total. The molecule has 2 aromatic carbocycles. The number of H-pyrrole nitrogens is 2. The molecule has 2 aromatic heterocycles. The van der Waals surface area contributed by atoms with Crippen molar-refractivity contribution in [1.29, 1.82) is 0 Å². The zero-order valence-electron chi connectivity index (χ0n) is 61.3. The minimum absolute atomic E-state index is 0.896. The highest BCUT2D eigenvalue weighted by molar-refractivity contribution is 5.84. The number of unbranched alkanes of at least 4 members (excludes halogenated alkanes) is 60. The topological polar surface area (TPSA) is 57.4 Å². The molecule has 0 saturated carbocycles. The molecule has 0 aliphatic carbocycles. The fraction of sp³-hybridized carbons (Fsp3) is 0.837. The van der Waals surface area contributed by atoms with E-state index in [1.165, 1.54) is 448 Å². The monoisotopic (exact) mass is 1240 g/mol. The summed E-state index contributed by atoms with van der Waals surface area (Å²) in [5.41, 5.74) is 10.8. The van der Waals surface area contributed by atoms with Gasteiger partial charge in [-0.1, -0.05) is 413 Å². The second-order valence-corrected chi connectivity index (χ2v) is 29.7. The largest absolute Gasteiger partial charge is 0.335 e. The van der Waals surface area contributed by atoms with E-state index in [9.17, 15) is 0 Å². The molecular formula is C86H154N4. The van der Waals surface area contributed by atoms with Gasteiger partial charge in [-0.15, -0.1) is 0 Å². The Hall–Kier alpha value is -2.62. The third-order valence-electron chi connectivity index (χ3n) is 21.0. The number of nitrogens with zero attached hydrogens (tertiary/aromatic N) is 2. The summed E-state index contributed by atoms with van der Waals surface area (Å²) in [5, 5.41) is 0. The molecule has 0 aliphatic heterocycles. The van der Waals surface area contributed by atoms with E-state index in [1.807, 2.05) is 0 Å². The SMILES string of the molecule is CCCCCCCCCCCCCCCCCCc1cc2nc(-c3nc4cc(CCCCCCCCCCCCCCCCCC)c(CCCCCCCCCCCCCCCCCC)cc4[nH]3)[nH]c2cc1CCCCCCCCCCCCCCCCCC. The van der Waals surface area contributed by atoms with E-state index in [0.29, 0.717) is 0 Å². The Bertz CT molecular complexity index is 1860. The highest BCUT2D eigenvalue weighted by Gasteiger charge is 2.16. The third kappa shape index (κ3) is 41.3. The average molecular weight is 1240 g/mol. The van der Waals surface area contributed by atoms with Crippen molar-refractivity contribution in [2.24, 2.45) is 0 Å². The van der Waals surface area contributed by atoms with Crippen LogP contribution in [0.4, 0.5) is 0 Å². The van der Waals surface area contributed by atoms with Crippen LogP contribution in [0.5, 0.6) is 0 Å². The minimum atomic E-state index is 0.896. The van der Waals surface area contributed by atoms with Crippen LogP contribution in [0, 0.1) is 0 Å². The maximum atomic E-state index is 5.33. The van der Waals surface area contributed by atoms with Gasteiger partial charge in [0.05, 0.1) is 22.1 Å². The van der Waals surface area contributed by atoms with Crippen molar-refractivity contribution in [2.75, 3.05) is 0 Å². The van der Waals surface area contributed by atoms with Crippen LogP contribution in [0.2, 0.25) is 0 Å². The lowest BCUT2D eigenvalue weighted by atomic mass is 9.95. The van der Waals surface area contributed by atoms with Gasteiger partial charge in [0.15, 0.2) is 11.6 Å². The van der Waals surface area contributed by atoms with Crippen LogP contribution in [0.3, 0.4) is 0 Å². The van der Waals surface area contributed by atoms with Crippen molar-refractivity contribution < 1.29 is 0 Å². The van der Waals surface area contributed by atoms with Gasteiger partial charge in [0.2, 0.25) is 0 Å². The Morgan fingerprint density at radius 1 is 0.189 bits per heavy atom. The highest BCUT2D eigenvalue weighted by Crippen LogP contribution is 2.30. The predicted octanol–water partition coefficient (Wildman–Crippen LogP) is 30.3. The zero-order valence-corrected chi connectivity index (χ0v) is 61.3. The van der Waals surface area contributed by atoms with E-state index >= 15 is 0 Å². The van der Waals surface area contributed by atoms with Crippen molar-refractivity contribution in [3.05, 3.63) is 46.5 Å². The zero-order chi connectivity index (χ0) is 63.5. The van der Waals surface area contributed by atoms with E-state index in [-0.39, 0.29) is 0 Å². The second-order valence-electron chi connectivity index (χ2n) is 29.7. The first-order valence-electron chi connectivity index (χ1n) is 41.7. The maximum Gasteiger partial charge on any atom is 0.174 e. The van der Waals surface area contributed by atoms with Gasteiger partial charge in [0, 0.05) is 0 Å². The number of aromatic amines is 2. The first-order valence-corrected chi connectivity index (χ1v) is 41.7. The molecule has 518 valence electrons. The van der Waals surface area contributed by atoms with Gasteiger partial charge < -0.3 is 9.97 Å². The number of benzene rings is 2. The Labute approximate surface area is 561 Å². The van der Waals surface area contributed by atoms with Gasteiger partial charge in [0.25, 0.3) is 0 Å².